The number of likely N-dealkylation sites (N-methyl/N-ethyl adjacent to an activating group) is 1. The Kier molecular flexibility index (Phi) is 8.99. The van der Waals surface area contributed by atoms with E-state index in [-0.39, 0.29) is 53.0 Å². The smallest absolute Gasteiger partial charge is 0.277 e. The van der Waals surface area contributed by atoms with E-state index >= 15 is 4.39 Å². The number of carbonyl (C=O) groups excluding carboxylic acids is 2. The molecule has 2 aliphatic heterocycles. The molecule has 0 unspecified atom stereocenters. The Bertz CT molecular complexity index is 1710. The van der Waals surface area contributed by atoms with E-state index in [4.69, 9.17) is 13.7 Å². The molecule has 3 aromatic carbocycles. The minimum atomic E-state index is -3.00. The molecule has 3 heterocycles. The third-order valence-electron chi connectivity index (χ3n) is 9.30. The van der Waals surface area contributed by atoms with Crippen LogP contribution in [0.4, 0.5) is 10.1 Å². The molecule has 2 atom stereocenters. The second-order valence-electron chi connectivity index (χ2n) is 13.8. The van der Waals surface area contributed by atoms with Crippen molar-refractivity contribution in [2.75, 3.05) is 44.7 Å². The van der Waals surface area contributed by atoms with Crippen molar-refractivity contribution in [3.8, 4) is 0 Å². The third-order valence-corrected chi connectivity index (χ3v) is 14.3. The Balaban J connectivity index is 1.49. The number of hydrogen-bond donors (Lipinski definition) is 0. The van der Waals surface area contributed by atoms with Gasteiger partial charge in [0.25, 0.3) is 14.2 Å². The van der Waals surface area contributed by atoms with Crippen LogP contribution >= 0.6 is 0 Å². The highest BCUT2D eigenvalue weighted by molar-refractivity contribution is 6.99. The molecule has 6 rings (SSSR count). The van der Waals surface area contributed by atoms with Crippen molar-refractivity contribution >= 4 is 47.2 Å². The monoisotopic (exact) mass is 658 g/mol. The van der Waals surface area contributed by atoms with Crippen LogP contribution in [0.25, 0.3) is 11.0 Å². The fourth-order valence-corrected chi connectivity index (χ4v) is 11.6. The van der Waals surface area contributed by atoms with Crippen LogP contribution in [0, 0.1) is 5.82 Å². The summed E-state index contributed by atoms with van der Waals surface area (Å²) in [6.07, 6.45) is -0.248. The number of carbonyl (C=O) groups is 2. The third kappa shape index (κ3) is 6.07. The van der Waals surface area contributed by atoms with Gasteiger partial charge in [0, 0.05) is 38.8 Å². The lowest BCUT2D eigenvalue weighted by molar-refractivity contribution is -0.133. The van der Waals surface area contributed by atoms with Crippen molar-refractivity contribution in [3.05, 3.63) is 83.8 Å². The highest BCUT2D eigenvalue weighted by atomic mass is 28.4. The van der Waals surface area contributed by atoms with Crippen molar-refractivity contribution < 1.29 is 27.7 Å². The maximum atomic E-state index is 16.9. The number of aromatic nitrogens is 1. The van der Waals surface area contributed by atoms with E-state index in [1.54, 1.807) is 18.0 Å². The summed E-state index contributed by atoms with van der Waals surface area (Å²) in [5.74, 6) is -1.23. The largest absolute Gasteiger partial charge is 0.403 e. The number of morpholine rings is 1. The van der Waals surface area contributed by atoms with Crippen LogP contribution in [0.1, 0.15) is 50.7 Å². The molecule has 1 aromatic heterocycles. The van der Waals surface area contributed by atoms with Gasteiger partial charge in [-0.3, -0.25) is 9.59 Å². The highest BCUT2D eigenvalue weighted by Gasteiger charge is 2.50. The van der Waals surface area contributed by atoms with E-state index in [0.29, 0.717) is 37.4 Å². The summed E-state index contributed by atoms with van der Waals surface area (Å²) in [4.78, 5) is 31.1. The first-order valence-corrected chi connectivity index (χ1v) is 18.1. The Morgan fingerprint density at radius 2 is 1.60 bits per heavy atom. The van der Waals surface area contributed by atoms with E-state index < -0.39 is 20.0 Å². The van der Waals surface area contributed by atoms with Gasteiger partial charge < -0.3 is 28.4 Å². The van der Waals surface area contributed by atoms with Gasteiger partial charge in [0.05, 0.1) is 29.9 Å². The number of anilines is 1. The zero-order valence-electron chi connectivity index (χ0n) is 28.0. The Hall–Kier alpha value is -4.06. The number of fused-ring (bicyclic) bond motifs is 1. The molecule has 0 aliphatic carbocycles. The molecule has 0 radical (unpaired) electrons. The molecule has 0 N–H and O–H groups in total. The maximum absolute atomic E-state index is 16.9. The Morgan fingerprint density at radius 1 is 1.00 bits per heavy atom. The highest BCUT2D eigenvalue weighted by Crippen LogP contribution is 2.40. The SMILES string of the molecule is C[C@@H]1CN(c2c(CO[Si](c3ccccc3)(c3ccccc3)C(C)(C)C)cc3c(C(=O)N4CCN(C)C(=O)C4)noc3c2F)C[C@H](C)O1. The van der Waals surface area contributed by atoms with Gasteiger partial charge in [0.2, 0.25) is 11.5 Å². The number of nitrogens with zero attached hydrogens (tertiary/aromatic N) is 4. The van der Waals surface area contributed by atoms with Crippen molar-refractivity contribution in [3.63, 3.8) is 0 Å². The lowest BCUT2D eigenvalue weighted by atomic mass is 10.0. The summed E-state index contributed by atoms with van der Waals surface area (Å²) in [7, 11) is -1.29. The average Bonchev–Trinajstić information content (AvgIpc) is 3.46. The lowest BCUT2D eigenvalue weighted by Crippen LogP contribution is -2.66. The molecule has 47 heavy (non-hydrogen) atoms. The quantitative estimate of drug-likeness (QED) is 0.269. The van der Waals surface area contributed by atoms with E-state index in [9.17, 15) is 9.59 Å². The van der Waals surface area contributed by atoms with Gasteiger partial charge in [-0.2, -0.15) is 0 Å². The fraction of sp³-hybridized carbons (Fsp3) is 0.417. The van der Waals surface area contributed by atoms with Crippen molar-refractivity contribution in [2.45, 2.75) is 58.5 Å². The van der Waals surface area contributed by atoms with Crippen LogP contribution in [0.2, 0.25) is 5.04 Å². The molecular formula is C36H43FN4O5Si. The van der Waals surface area contributed by atoms with Crippen molar-refractivity contribution in [2.24, 2.45) is 0 Å². The normalized spacial score (nSPS) is 19.5. The van der Waals surface area contributed by atoms with Crippen LogP contribution in [-0.4, -0.2) is 87.1 Å². The van der Waals surface area contributed by atoms with Crippen LogP contribution in [0.5, 0.6) is 0 Å². The van der Waals surface area contributed by atoms with Crippen LogP contribution in [0.3, 0.4) is 0 Å². The summed E-state index contributed by atoms with van der Waals surface area (Å²) in [5, 5.41) is 6.25. The number of halogens is 1. The van der Waals surface area contributed by atoms with E-state index in [1.165, 1.54) is 4.90 Å². The minimum absolute atomic E-state index is 0.0155. The molecule has 2 amide bonds. The molecule has 2 fully saturated rings. The molecular weight excluding hydrogens is 616 g/mol. The van der Waals surface area contributed by atoms with E-state index in [0.717, 1.165) is 10.4 Å². The Labute approximate surface area is 276 Å². The second kappa shape index (κ2) is 12.9. The van der Waals surface area contributed by atoms with E-state index in [2.05, 4.69) is 50.2 Å². The standard InChI is InChI=1S/C36H43FN4O5Si/c1-24-20-41(21-25(2)45-24)33-26(19-29-32(38-46-34(29)31(33)37)35(43)40-18-17-39(6)30(42)22-40)23-44-47(36(3,4)5,27-13-9-7-10-14-27)28-15-11-8-12-16-28/h7-16,19,24-25H,17-18,20-23H2,1-6H3/t24-,25+. The van der Waals surface area contributed by atoms with Crippen LogP contribution in [-0.2, 0) is 20.6 Å². The number of hydrogen-bond acceptors (Lipinski definition) is 7. The maximum Gasteiger partial charge on any atom is 0.277 e. The predicted octanol–water partition coefficient (Wildman–Crippen LogP) is 4.57. The van der Waals surface area contributed by atoms with Gasteiger partial charge in [-0.1, -0.05) is 86.6 Å². The Morgan fingerprint density at radius 3 is 2.15 bits per heavy atom. The number of piperazine rings is 1. The lowest BCUT2D eigenvalue weighted by Gasteiger charge is -2.43. The van der Waals surface area contributed by atoms with Gasteiger partial charge >= 0.3 is 0 Å². The summed E-state index contributed by atoms with van der Waals surface area (Å²) in [6, 6.07) is 22.4. The first-order valence-electron chi connectivity index (χ1n) is 16.2. The predicted molar refractivity (Wildman–Crippen MR) is 182 cm³/mol. The topological polar surface area (TPSA) is 88.4 Å². The van der Waals surface area contributed by atoms with Gasteiger partial charge in [-0.05, 0) is 35.3 Å². The molecule has 4 aromatic rings. The number of benzene rings is 3. The summed E-state index contributed by atoms with van der Waals surface area (Å²) in [6.45, 7) is 12.3. The second-order valence-corrected chi connectivity index (χ2v) is 18.1. The molecule has 2 saturated heterocycles. The average molecular weight is 659 g/mol. The number of rotatable bonds is 7. The van der Waals surface area contributed by atoms with Crippen LogP contribution < -0.4 is 15.3 Å². The van der Waals surface area contributed by atoms with Gasteiger partial charge in [0.1, 0.15) is 6.54 Å². The fourth-order valence-electron chi connectivity index (χ4n) is 7.08. The van der Waals surface area contributed by atoms with E-state index in [1.807, 2.05) is 55.1 Å². The molecule has 0 bridgehead atoms. The van der Waals surface area contributed by atoms with Gasteiger partial charge in [-0.25, -0.2) is 4.39 Å². The molecule has 2 aliphatic rings. The van der Waals surface area contributed by atoms with Gasteiger partial charge in [-0.15, -0.1) is 0 Å². The van der Waals surface area contributed by atoms with Crippen LogP contribution in [0.15, 0.2) is 71.3 Å². The first kappa shape index (κ1) is 32.9. The molecule has 9 nitrogen and oxygen atoms in total. The zero-order chi connectivity index (χ0) is 33.5. The summed E-state index contributed by atoms with van der Waals surface area (Å²) < 4.78 is 35.7. The molecule has 0 saturated carbocycles. The first-order chi connectivity index (χ1) is 22.4. The molecule has 0 spiro atoms. The summed E-state index contributed by atoms with van der Waals surface area (Å²) in [5.41, 5.74) is 0.848. The number of amides is 2. The van der Waals surface area contributed by atoms with Crippen molar-refractivity contribution in [1.29, 1.82) is 0 Å². The molecule has 248 valence electrons. The van der Waals surface area contributed by atoms with Gasteiger partial charge in [0.15, 0.2) is 11.5 Å². The zero-order valence-corrected chi connectivity index (χ0v) is 29.0. The van der Waals surface area contributed by atoms with Crippen molar-refractivity contribution in [1.82, 2.24) is 15.0 Å². The molecule has 11 heteroatoms. The minimum Gasteiger partial charge on any atom is -0.403 e. The summed E-state index contributed by atoms with van der Waals surface area (Å²) >= 11 is 0. The number of ether oxygens (including phenoxy) is 1.